The van der Waals surface area contributed by atoms with Gasteiger partial charge in [-0.2, -0.15) is 0 Å². The topological polar surface area (TPSA) is 57.6 Å². The number of rotatable bonds is 4. The van der Waals surface area contributed by atoms with Gasteiger partial charge in [-0.1, -0.05) is 67.9 Å². The molecule has 2 aromatic carbocycles. The second kappa shape index (κ2) is 7.34. The maximum absolute atomic E-state index is 12.7. The first-order chi connectivity index (χ1) is 12.4. The van der Waals surface area contributed by atoms with Crippen LogP contribution in [0.4, 0.5) is 0 Å². The molecule has 1 N–H and O–H groups in total. The Bertz CT molecular complexity index is 857. The molecule has 1 amide bonds. The van der Waals surface area contributed by atoms with Crippen LogP contribution in [0.1, 0.15) is 31.0 Å². The van der Waals surface area contributed by atoms with Gasteiger partial charge in [0.15, 0.2) is 0 Å². The van der Waals surface area contributed by atoms with Crippen LogP contribution in [0.5, 0.6) is 0 Å². The summed E-state index contributed by atoms with van der Waals surface area (Å²) >= 11 is 5.98. The van der Waals surface area contributed by atoms with Crippen LogP contribution in [0.2, 0.25) is 5.02 Å². The normalized spacial score (nSPS) is 19.4. The molecule has 1 unspecified atom stereocenters. The fourth-order valence-electron chi connectivity index (χ4n) is 3.20. The number of Topliss-reactive ketones (excluding diaryl/α,β-unsaturated/α-hetero) is 1. The summed E-state index contributed by atoms with van der Waals surface area (Å²) in [4.78, 5) is 26.9. The summed E-state index contributed by atoms with van der Waals surface area (Å²) in [6, 6.07) is 15.2. The Morgan fingerprint density at radius 3 is 2.27 bits per heavy atom. The van der Waals surface area contributed by atoms with Crippen LogP contribution < -0.4 is 0 Å². The molecule has 0 spiro atoms. The minimum atomic E-state index is -0.660. The summed E-state index contributed by atoms with van der Waals surface area (Å²) in [5, 5.41) is 11.4. The first kappa shape index (κ1) is 18.2. The zero-order valence-electron chi connectivity index (χ0n) is 14.6. The molecule has 26 heavy (non-hydrogen) atoms. The van der Waals surface area contributed by atoms with Crippen molar-refractivity contribution in [1.29, 1.82) is 0 Å². The number of nitrogens with zero attached hydrogens (tertiary/aromatic N) is 1. The van der Waals surface area contributed by atoms with E-state index in [1.165, 1.54) is 4.90 Å². The second-order valence-corrected chi connectivity index (χ2v) is 7.20. The fourth-order valence-corrected chi connectivity index (χ4v) is 3.33. The van der Waals surface area contributed by atoms with Crippen molar-refractivity contribution in [2.24, 2.45) is 5.92 Å². The first-order valence-electron chi connectivity index (χ1n) is 8.49. The van der Waals surface area contributed by atoms with Gasteiger partial charge in [0.25, 0.3) is 11.7 Å². The number of benzene rings is 2. The second-order valence-electron chi connectivity index (χ2n) is 6.76. The highest BCUT2D eigenvalue weighted by molar-refractivity contribution is 6.46. The van der Waals surface area contributed by atoms with Gasteiger partial charge in [-0.05, 0) is 23.6 Å². The van der Waals surface area contributed by atoms with E-state index in [9.17, 15) is 14.7 Å². The molecule has 1 aliphatic rings. The van der Waals surface area contributed by atoms with E-state index >= 15 is 0 Å². The summed E-state index contributed by atoms with van der Waals surface area (Å²) < 4.78 is 0. The molecule has 0 bridgehead atoms. The molecule has 1 atom stereocenters. The third kappa shape index (κ3) is 3.37. The number of likely N-dealkylation sites (tertiary alicyclic amines) is 1. The van der Waals surface area contributed by atoms with E-state index in [0.29, 0.717) is 17.1 Å². The summed E-state index contributed by atoms with van der Waals surface area (Å²) in [6.45, 7) is 4.38. The molecule has 0 aromatic heterocycles. The van der Waals surface area contributed by atoms with Crippen LogP contribution in [0.3, 0.4) is 0 Å². The number of hydrogen-bond donors (Lipinski definition) is 1. The van der Waals surface area contributed by atoms with Crippen LogP contribution in [0.15, 0.2) is 60.2 Å². The molecule has 0 saturated carbocycles. The van der Waals surface area contributed by atoms with Crippen molar-refractivity contribution in [2.75, 3.05) is 6.54 Å². The standard InChI is InChI=1S/C21H20ClNO3/c1-13(2)12-23-18(14-8-10-16(22)11-9-14)17(20(25)21(23)26)19(24)15-6-4-3-5-7-15/h3-11,13,18,24H,12H2,1-2H3. The average Bonchev–Trinajstić information content (AvgIpc) is 2.87. The van der Waals surface area contributed by atoms with E-state index in [-0.39, 0.29) is 17.3 Å². The van der Waals surface area contributed by atoms with Gasteiger partial charge in [0.1, 0.15) is 5.76 Å². The summed E-state index contributed by atoms with van der Waals surface area (Å²) in [5.41, 5.74) is 1.37. The Morgan fingerprint density at radius 1 is 1.08 bits per heavy atom. The van der Waals surface area contributed by atoms with E-state index in [2.05, 4.69) is 0 Å². The van der Waals surface area contributed by atoms with Crippen molar-refractivity contribution in [1.82, 2.24) is 4.90 Å². The molecule has 1 heterocycles. The number of carbonyl (C=O) groups is 2. The zero-order valence-corrected chi connectivity index (χ0v) is 15.4. The lowest BCUT2D eigenvalue weighted by Crippen LogP contribution is -2.33. The Morgan fingerprint density at radius 2 is 1.69 bits per heavy atom. The van der Waals surface area contributed by atoms with Crippen molar-refractivity contribution in [2.45, 2.75) is 19.9 Å². The molecular formula is C21H20ClNO3. The number of aliphatic hydroxyl groups is 1. The van der Waals surface area contributed by atoms with Gasteiger partial charge in [-0.25, -0.2) is 0 Å². The maximum Gasteiger partial charge on any atom is 0.295 e. The van der Waals surface area contributed by atoms with Crippen molar-refractivity contribution >= 4 is 29.1 Å². The zero-order chi connectivity index (χ0) is 18.8. The highest BCUT2D eigenvalue weighted by Crippen LogP contribution is 2.39. The number of carbonyl (C=O) groups excluding carboxylic acids is 2. The largest absolute Gasteiger partial charge is 0.507 e. The predicted octanol–water partition coefficient (Wildman–Crippen LogP) is 4.42. The van der Waals surface area contributed by atoms with Crippen LogP contribution in [0.25, 0.3) is 5.76 Å². The predicted molar refractivity (Wildman–Crippen MR) is 102 cm³/mol. The molecule has 1 saturated heterocycles. The van der Waals surface area contributed by atoms with Crippen LogP contribution in [0, 0.1) is 5.92 Å². The van der Waals surface area contributed by atoms with Gasteiger partial charge in [-0.15, -0.1) is 0 Å². The highest BCUT2D eigenvalue weighted by atomic mass is 35.5. The summed E-state index contributed by atoms with van der Waals surface area (Å²) in [7, 11) is 0. The quantitative estimate of drug-likeness (QED) is 0.493. The van der Waals surface area contributed by atoms with E-state index in [1.807, 2.05) is 19.9 Å². The van der Waals surface area contributed by atoms with Gasteiger partial charge in [0.2, 0.25) is 0 Å². The maximum atomic E-state index is 12.7. The molecule has 0 radical (unpaired) electrons. The number of hydrogen-bond acceptors (Lipinski definition) is 3. The van der Waals surface area contributed by atoms with E-state index in [4.69, 9.17) is 11.6 Å². The Balaban J connectivity index is 2.18. The van der Waals surface area contributed by atoms with Crippen molar-refractivity contribution in [3.8, 4) is 0 Å². The third-order valence-corrected chi connectivity index (χ3v) is 4.59. The molecule has 1 aliphatic heterocycles. The van der Waals surface area contributed by atoms with Crippen molar-refractivity contribution in [3.05, 3.63) is 76.3 Å². The van der Waals surface area contributed by atoms with Crippen LogP contribution in [-0.4, -0.2) is 28.2 Å². The van der Waals surface area contributed by atoms with Crippen LogP contribution >= 0.6 is 11.6 Å². The molecular weight excluding hydrogens is 350 g/mol. The fraction of sp³-hybridized carbons (Fsp3) is 0.238. The Kier molecular flexibility index (Phi) is 5.14. The van der Waals surface area contributed by atoms with Gasteiger partial charge < -0.3 is 10.0 Å². The van der Waals surface area contributed by atoms with Gasteiger partial charge in [-0.3, -0.25) is 9.59 Å². The third-order valence-electron chi connectivity index (χ3n) is 4.33. The van der Waals surface area contributed by atoms with Gasteiger partial charge >= 0.3 is 0 Å². The lowest BCUT2D eigenvalue weighted by Gasteiger charge is -2.26. The number of aliphatic hydroxyl groups excluding tert-OH is 1. The highest BCUT2D eigenvalue weighted by Gasteiger charge is 2.46. The minimum Gasteiger partial charge on any atom is -0.507 e. The van der Waals surface area contributed by atoms with Gasteiger partial charge in [0, 0.05) is 17.1 Å². The Labute approximate surface area is 157 Å². The minimum absolute atomic E-state index is 0.115. The Hall–Kier alpha value is -2.59. The molecule has 134 valence electrons. The lowest BCUT2D eigenvalue weighted by atomic mass is 9.95. The van der Waals surface area contributed by atoms with Gasteiger partial charge in [0.05, 0.1) is 11.6 Å². The van der Waals surface area contributed by atoms with Crippen LogP contribution in [-0.2, 0) is 9.59 Å². The molecule has 0 aliphatic carbocycles. The summed E-state index contributed by atoms with van der Waals surface area (Å²) in [5.74, 6) is -1.22. The van der Waals surface area contributed by atoms with Crippen molar-refractivity contribution in [3.63, 3.8) is 0 Å². The smallest absolute Gasteiger partial charge is 0.295 e. The molecule has 5 heteroatoms. The molecule has 2 aromatic rings. The molecule has 3 rings (SSSR count). The lowest BCUT2D eigenvalue weighted by molar-refractivity contribution is -0.140. The first-order valence-corrected chi connectivity index (χ1v) is 8.87. The molecule has 1 fully saturated rings. The monoisotopic (exact) mass is 369 g/mol. The van der Waals surface area contributed by atoms with E-state index < -0.39 is 17.7 Å². The SMILES string of the molecule is CC(C)CN1C(=O)C(=O)C(=C(O)c2ccccc2)C1c1ccc(Cl)cc1. The molecule has 4 nitrogen and oxygen atoms in total. The summed E-state index contributed by atoms with van der Waals surface area (Å²) in [6.07, 6.45) is 0. The van der Waals surface area contributed by atoms with E-state index in [0.717, 1.165) is 5.56 Å². The van der Waals surface area contributed by atoms with E-state index in [1.54, 1.807) is 48.5 Å². The number of halogens is 1. The number of ketones is 1. The number of amides is 1. The van der Waals surface area contributed by atoms with Crippen molar-refractivity contribution < 1.29 is 14.7 Å². The average molecular weight is 370 g/mol.